The molecule has 0 unspecified atom stereocenters. The molecule has 0 aliphatic rings. The zero-order chi connectivity index (χ0) is 17.3. The van der Waals surface area contributed by atoms with Crippen LogP contribution >= 0.6 is 0 Å². The number of hydrogen-bond acceptors (Lipinski definition) is 5. The molecule has 0 aliphatic carbocycles. The summed E-state index contributed by atoms with van der Waals surface area (Å²) >= 11 is 0. The fraction of sp³-hybridized carbons (Fsp3) is 0.105. The van der Waals surface area contributed by atoms with Crippen molar-refractivity contribution in [3.63, 3.8) is 0 Å². The van der Waals surface area contributed by atoms with Gasteiger partial charge in [0.15, 0.2) is 17.2 Å². The molecule has 0 aromatic heterocycles. The summed E-state index contributed by atoms with van der Waals surface area (Å²) < 4.78 is 5.31. The Kier molecular flexibility index (Phi) is 4.00. The number of phenolic OH excluding ortho intramolecular Hbond substituents is 3. The van der Waals surface area contributed by atoms with Gasteiger partial charge in [-0.3, -0.25) is 0 Å². The largest absolute Gasteiger partial charge is 0.504 e. The van der Waals surface area contributed by atoms with E-state index in [1.165, 1.54) is 0 Å². The molecule has 0 heterocycles. The van der Waals surface area contributed by atoms with Crippen molar-refractivity contribution in [1.29, 1.82) is 0 Å². The van der Waals surface area contributed by atoms with Crippen LogP contribution in [0.15, 0.2) is 48.5 Å². The van der Waals surface area contributed by atoms with Gasteiger partial charge in [0.2, 0.25) is 0 Å². The molecule has 3 rings (SSSR count). The Labute approximate surface area is 138 Å². The molecule has 3 aromatic carbocycles. The van der Waals surface area contributed by atoms with E-state index in [4.69, 9.17) is 4.74 Å². The number of rotatable bonds is 3. The average Bonchev–Trinajstić information content (AvgIpc) is 2.58. The highest BCUT2D eigenvalue weighted by molar-refractivity contribution is 5.91. The van der Waals surface area contributed by atoms with E-state index in [0.717, 1.165) is 34.0 Å². The van der Waals surface area contributed by atoms with E-state index in [2.05, 4.69) is 0 Å². The molecule has 24 heavy (non-hydrogen) atoms. The summed E-state index contributed by atoms with van der Waals surface area (Å²) in [4.78, 5) is 12.2. The van der Waals surface area contributed by atoms with Gasteiger partial charge in [-0.15, -0.1) is 0 Å². The molecule has 5 nitrogen and oxygen atoms in total. The van der Waals surface area contributed by atoms with Gasteiger partial charge in [0, 0.05) is 5.56 Å². The quantitative estimate of drug-likeness (QED) is 0.506. The van der Waals surface area contributed by atoms with E-state index in [0.29, 0.717) is 0 Å². The normalized spacial score (nSPS) is 10.7. The Balaban J connectivity index is 1.86. The average molecular weight is 324 g/mol. The monoisotopic (exact) mass is 324 g/mol. The zero-order valence-corrected chi connectivity index (χ0v) is 13.0. The summed E-state index contributed by atoms with van der Waals surface area (Å²) in [5, 5.41) is 30.3. The fourth-order valence-electron chi connectivity index (χ4n) is 2.58. The smallest absolute Gasteiger partial charge is 0.338 e. The van der Waals surface area contributed by atoms with Crippen LogP contribution in [0.25, 0.3) is 10.8 Å². The second kappa shape index (κ2) is 6.12. The third kappa shape index (κ3) is 2.84. The third-order valence-corrected chi connectivity index (χ3v) is 3.93. The van der Waals surface area contributed by atoms with Crippen molar-refractivity contribution in [1.82, 2.24) is 0 Å². The second-order valence-corrected chi connectivity index (χ2v) is 5.52. The predicted octanol–water partition coefficient (Wildman–Crippen LogP) is 3.62. The Morgan fingerprint density at radius 2 is 1.67 bits per heavy atom. The molecule has 0 bridgehead atoms. The van der Waals surface area contributed by atoms with Gasteiger partial charge in [-0.25, -0.2) is 4.79 Å². The molecule has 3 aromatic rings. The molecule has 5 heteroatoms. The standard InChI is InChI=1S/C19H16O5/c1-11-6-7-12-4-2-3-5-14(12)15(11)10-24-19(23)13-8-16(20)18(22)17(21)9-13/h2-9,20-22H,10H2,1H3. The van der Waals surface area contributed by atoms with Crippen LogP contribution < -0.4 is 0 Å². The van der Waals surface area contributed by atoms with Crippen LogP contribution in [0.2, 0.25) is 0 Å². The van der Waals surface area contributed by atoms with Crippen molar-refractivity contribution in [3.05, 3.63) is 65.2 Å². The lowest BCUT2D eigenvalue weighted by atomic mass is 10.0. The van der Waals surface area contributed by atoms with Crippen molar-refractivity contribution in [3.8, 4) is 17.2 Å². The van der Waals surface area contributed by atoms with Gasteiger partial charge < -0.3 is 20.1 Å². The van der Waals surface area contributed by atoms with Gasteiger partial charge in [-0.1, -0.05) is 36.4 Å². The zero-order valence-electron chi connectivity index (χ0n) is 13.0. The Hall–Kier alpha value is -3.21. The number of aromatic hydroxyl groups is 3. The maximum absolute atomic E-state index is 12.2. The number of carbonyl (C=O) groups is 1. The van der Waals surface area contributed by atoms with E-state index in [-0.39, 0.29) is 12.2 Å². The Morgan fingerprint density at radius 3 is 2.38 bits per heavy atom. The molecule has 0 saturated carbocycles. The van der Waals surface area contributed by atoms with Crippen molar-refractivity contribution in [2.45, 2.75) is 13.5 Å². The second-order valence-electron chi connectivity index (χ2n) is 5.52. The molecule has 3 N–H and O–H groups in total. The van der Waals surface area contributed by atoms with Gasteiger partial charge >= 0.3 is 5.97 Å². The van der Waals surface area contributed by atoms with Crippen LogP contribution in [-0.4, -0.2) is 21.3 Å². The SMILES string of the molecule is Cc1ccc2ccccc2c1COC(=O)c1cc(O)c(O)c(O)c1. The van der Waals surface area contributed by atoms with E-state index in [1.54, 1.807) is 0 Å². The van der Waals surface area contributed by atoms with Gasteiger partial charge in [0.1, 0.15) is 6.61 Å². The minimum absolute atomic E-state index is 0.0410. The molecule has 122 valence electrons. The van der Waals surface area contributed by atoms with E-state index in [9.17, 15) is 20.1 Å². The highest BCUT2D eigenvalue weighted by Gasteiger charge is 2.15. The summed E-state index contributed by atoms with van der Waals surface area (Å²) in [6, 6.07) is 13.9. The molecule has 0 aliphatic heterocycles. The van der Waals surface area contributed by atoms with Gasteiger partial charge in [0.25, 0.3) is 0 Å². The number of hydrogen-bond donors (Lipinski definition) is 3. The van der Waals surface area contributed by atoms with Gasteiger partial charge in [-0.2, -0.15) is 0 Å². The molecule has 0 saturated heterocycles. The van der Waals surface area contributed by atoms with Crippen LogP contribution in [0, 0.1) is 6.92 Å². The van der Waals surface area contributed by atoms with E-state index in [1.807, 2.05) is 43.3 Å². The van der Waals surface area contributed by atoms with Crippen LogP contribution in [0.3, 0.4) is 0 Å². The fourth-order valence-corrected chi connectivity index (χ4v) is 2.58. The number of ether oxygens (including phenoxy) is 1. The van der Waals surface area contributed by atoms with Crippen molar-refractivity contribution in [2.24, 2.45) is 0 Å². The lowest BCUT2D eigenvalue weighted by Crippen LogP contribution is -2.06. The number of aryl methyl sites for hydroxylation is 1. The molecule has 0 atom stereocenters. The predicted molar refractivity (Wildman–Crippen MR) is 89.2 cm³/mol. The van der Waals surface area contributed by atoms with Crippen molar-refractivity contribution < 1.29 is 24.9 Å². The molecule has 0 radical (unpaired) electrons. The highest BCUT2D eigenvalue weighted by atomic mass is 16.5. The number of carbonyl (C=O) groups excluding carboxylic acids is 1. The summed E-state index contributed by atoms with van der Waals surface area (Å²) in [6.07, 6.45) is 0. The molecular weight excluding hydrogens is 308 g/mol. The van der Waals surface area contributed by atoms with Crippen LogP contribution in [0.5, 0.6) is 17.2 Å². The first kappa shape index (κ1) is 15.7. The molecule has 0 fully saturated rings. The van der Waals surface area contributed by atoms with Crippen LogP contribution in [-0.2, 0) is 11.3 Å². The van der Waals surface area contributed by atoms with E-state index < -0.39 is 23.2 Å². The highest BCUT2D eigenvalue weighted by Crippen LogP contribution is 2.35. The Morgan fingerprint density at radius 1 is 1.00 bits per heavy atom. The lowest BCUT2D eigenvalue weighted by molar-refractivity contribution is 0.0473. The summed E-state index contributed by atoms with van der Waals surface area (Å²) in [7, 11) is 0. The minimum atomic E-state index is -0.701. The minimum Gasteiger partial charge on any atom is -0.504 e. The first-order valence-electron chi connectivity index (χ1n) is 7.36. The maximum Gasteiger partial charge on any atom is 0.338 e. The van der Waals surface area contributed by atoms with E-state index >= 15 is 0 Å². The van der Waals surface area contributed by atoms with Gasteiger partial charge in [-0.05, 0) is 35.4 Å². The first-order chi connectivity index (χ1) is 11.5. The topological polar surface area (TPSA) is 87.0 Å². The first-order valence-corrected chi connectivity index (χ1v) is 7.36. The summed E-state index contributed by atoms with van der Waals surface area (Å²) in [5.74, 6) is -2.53. The summed E-state index contributed by atoms with van der Waals surface area (Å²) in [6.45, 7) is 2.00. The summed E-state index contributed by atoms with van der Waals surface area (Å²) in [5.41, 5.74) is 1.85. The molecular formula is C19H16O5. The number of benzene rings is 3. The van der Waals surface area contributed by atoms with Gasteiger partial charge in [0.05, 0.1) is 5.56 Å². The molecule has 0 amide bonds. The van der Waals surface area contributed by atoms with Crippen LogP contribution in [0.4, 0.5) is 0 Å². The number of phenols is 3. The third-order valence-electron chi connectivity index (χ3n) is 3.93. The lowest BCUT2D eigenvalue weighted by Gasteiger charge is -2.12. The molecule has 0 spiro atoms. The maximum atomic E-state index is 12.2. The van der Waals surface area contributed by atoms with Crippen molar-refractivity contribution in [2.75, 3.05) is 0 Å². The van der Waals surface area contributed by atoms with Crippen molar-refractivity contribution >= 4 is 16.7 Å². The Bertz CT molecular complexity index is 907. The number of esters is 1. The van der Waals surface area contributed by atoms with Crippen LogP contribution in [0.1, 0.15) is 21.5 Å². The number of fused-ring (bicyclic) bond motifs is 1.